The van der Waals surface area contributed by atoms with Gasteiger partial charge in [-0.3, -0.25) is 0 Å². The van der Waals surface area contributed by atoms with Gasteiger partial charge in [0.1, 0.15) is 0 Å². The molecule has 0 heterocycles. The Balaban J connectivity index is -0.000000218. The summed E-state index contributed by atoms with van der Waals surface area (Å²) in [6.07, 6.45) is 1.23. The number of hydrogen-bond acceptors (Lipinski definition) is 2. The normalized spacial score (nSPS) is 8.31. The van der Waals surface area contributed by atoms with Crippen molar-refractivity contribution in [3.8, 4) is 0 Å². The van der Waals surface area contributed by atoms with Gasteiger partial charge in [-0.15, -0.1) is 0 Å². The largest absolute Gasteiger partial charge is 0.315 e. The molecule has 0 unspecified atom stereocenters. The summed E-state index contributed by atoms with van der Waals surface area (Å²) in [5.74, 6) is 0. The molecular formula is C11H30N2. The molecule has 0 saturated heterocycles. The van der Waals surface area contributed by atoms with Crippen molar-refractivity contribution in [3.63, 3.8) is 0 Å². The molecular weight excluding hydrogens is 160 g/mol. The summed E-state index contributed by atoms with van der Waals surface area (Å²) in [4.78, 5) is 2.18. The van der Waals surface area contributed by atoms with Gasteiger partial charge in [-0.05, 0) is 27.1 Å². The fourth-order valence-electron chi connectivity index (χ4n) is 0.604. The maximum atomic E-state index is 3.32. The van der Waals surface area contributed by atoms with Crippen molar-refractivity contribution < 1.29 is 0 Å². The third-order valence-corrected chi connectivity index (χ3v) is 1.16. The fourth-order valence-corrected chi connectivity index (χ4v) is 0.604. The van der Waals surface area contributed by atoms with E-state index in [9.17, 15) is 0 Å². The molecule has 0 aromatic rings. The lowest BCUT2D eigenvalue weighted by Crippen LogP contribution is -2.26. The Hall–Kier alpha value is -0.0800. The summed E-state index contributed by atoms with van der Waals surface area (Å²) >= 11 is 0. The minimum Gasteiger partial charge on any atom is -0.315 e. The topological polar surface area (TPSA) is 15.3 Å². The number of rotatable bonds is 5. The van der Waals surface area contributed by atoms with Gasteiger partial charge in [-0.1, -0.05) is 34.6 Å². The van der Waals surface area contributed by atoms with Gasteiger partial charge < -0.3 is 10.2 Å². The van der Waals surface area contributed by atoms with Gasteiger partial charge in [0, 0.05) is 13.1 Å². The molecule has 0 fully saturated rings. The Morgan fingerprint density at radius 3 is 1.69 bits per heavy atom. The lowest BCUT2D eigenvalue weighted by Gasteiger charge is -2.08. The summed E-state index contributed by atoms with van der Waals surface area (Å²) in [6, 6.07) is 0. The second-order valence-corrected chi connectivity index (χ2v) is 2.55. The Kier molecular flexibility index (Phi) is 32.5. The van der Waals surface area contributed by atoms with Crippen LogP contribution in [0.2, 0.25) is 0 Å². The lowest BCUT2D eigenvalue weighted by molar-refractivity contribution is 0.400. The fraction of sp³-hybridized carbons (Fsp3) is 1.00. The molecule has 0 saturated carbocycles. The van der Waals surface area contributed by atoms with Gasteiger partial charge in [0.05, 0.1) is 0 Å². The van der Waals surface area contributed by atoms with E-state index in [2.05, 4.69) is 31.2 Å². The molecule has 0 aliphatic carbocycles. The quantitative estimate of drug-likeness (QED) is 0.670. The Morgan fingerprint density at radius 1 is 0.923 bits per heavy atom. The molecule has 0 bridgehead atoms. The molecule has 0 spiro atoms. The molecule has 0 amide bonds. The first-order chi connectivity index (χ1) is 6.27. The average molecular weight is 190 g/mol. The van der Waals surface area contributed by atoms with Crippen LogP contribution in [-0.4, -0.2) is 38.6 Å². The van der Waals surface area contributed by atoms with Crippen LogP contribution in [0.5, 0.6) is 0 Å². The summed E-state index contributed by atoms with van der Waals surface area (Å²) in [5, 5.41) is 3.32. The Labute approximate surface area is 85.7 Å². The molecule has 0 radical (unpaired) electrons. The second-order valence-electron chi connectivity index (χ2n) is 2.55. The van der Waals surface area contributed by atoms with Gasteiger partial charge in [0.25, 0.3) is 0 Å². The summed E-state index contributed by atoms with van der Waals surface area (Å²) < 4.78 is 0. The molecule has 2 nitrogen and oxygen atoms in total. The number of nitrogens with zero attached hydrogens (tertiary/aromatic N) is 1. The van der Waals surface area contributed by atoms with E-state index in [4.69, 9.17) is 0 Å². The minimum absolute atomic E-state index is 1.11. The van der Waals surface area contributed by atoms with Crippen LogP contribution < -0.4 is 5.32 Å². The van der Waals surface area contributed by atoms with Crippen LogP contribution in [-0.2, 0) is 0 Å². The van der Waals surface area contributed by atoms with E-state index in [-0.39, 0.29) is 0 Å². The molecule has 1 N–H and O–H groups in total. The van der Waals surface area contributed by atoms with E-state index in [1.807, 2.05) is 27.7 Å². The first-order valence-corrected chi connectivity index (χ1v) is 5.62. The van der Waals surface area contributed by atoms with Gasteiger partial charge in [0.2, 0.25) is 0 Å². The molecule has 84 valence electrons. The van der Waals surface area contributed by atoms with Gasteiger partial charge in [-0.25, -0.2) is 0 Å². The SMILES string of the molecule is CC.CC.CCCNCCN(C)C. The van der Waals surface area contributed by atoms with Crippen molar-refractivity contribution in [2.75, 3.05) is 33.7 Å². The molecule has 0 rings (SSSR count). The molecule has 0 atom stereocenters. The molecule has 0 aromatic heterocycles. The van der Waals surface area contributed by atoms with E-state index in [0.29, 0.717) is 0 Å². The standard InChI is InChI=1S/C7H18N2.2C2H6/c1-4-5-8-6-7-9(2)3;2*1-2/h8H,4-7H2,1-3H3;2*1-2H3. The third kappa shape index (κ3) is 33.5. The highest BCUT2D eigenvalue weighted by Crippen LogP contribution is 1.72. The average Bonchev–Trinajstić information content (AvgIpc) is 2.19. The van der Waals surface area contributed by atoms with Crippen LogP contribution in [0.1, 0.15) is 41.0 Å². The van der Waals surface area contributed by atoms with Crippen molar-refractivity contribution in [1.29, 1.82) is 0 Å². The monoisotopic (exact) mass is 190 g/mol. The minimum atomic E-state index is 1.11. The van der Waals surface area contributed by atoms with Crippen molar-refractivity contribution in [1.82, 2.24) is 10.2 Å². The second kappa shape index (κ2) is 22.7. The van der Waals surface area contributed by atoms with Crippen LogP contribution in [0, 0.1) is 0 Å². The predicted molar refractivity (Wildman–Crippen MR) is 64.4 cm³/mol. The van der Waals surface area contributed by atoms with Crippen LogP contribution in [0.25, 0.3) is 0 Å². The van der Waals surface area contributed by atoms with Crippen LogP contribution >= 0.6 is 0 Å². The van der Waals surface area contributed by atoms with E-state index in [1.165, 1.54) is 6.42 Å². The van der Waals surface area contributed by atoms with Gasteiger partial charge >= 0.3 is 0 Å². The first-order valence-electron chi connectivity index (χ1n) is 5.62. The number of nitrogens with one attached hydrogen (secondary N) is 1. The molecule has 0 aliphatic heterocycles. The number of hydrogen-bond donors (Lipinski definition) is 1. The molecule has 0 aromatic carbocycles. The first kappa shape index (κ1) is 18.7. The molecule has 13 heavy (non-hydrogen) atoms. The van der Waals surface area contributed by atoms with Crippen molar-refractivity contribution >= 4 is 0 Å². The predicted octanol–water partition coefficient (Wildman–Crippen LogP) is 2.60. The molecule has 2 heteroatoms. The summed E-state index contributed by atoms with van der Waals surface area (Å²) in [6.45, 7) is 13.6. The molecule has 0 aliphatic rings. The third-order valence-electron chi connectivity index (χ3n) is 1.16. The van der Waals surface area contributed by atoms with Crippen LogP contribution in [0.15, 0.2) is 0 Å². The lowest BCUT2D eigenvalue weighted by atomic mass is 10.4. The maximum Gasteiger partial charge on any atom is 0.0101 e. The number of likely N-dealkylation sites (N-methyl/N-ethyl adjacent to an activating group) is 1. The highest BCUT2D eigenvalue weighted by Gasteiger charge is 1.86. The van der Waals surface area contributed by atoms with E-state index in [1.54, 1.807) is 0 Å². The van der Waals surface area contributed by atoms with Crippen molar-refractivity contribution in [2.45, 2.75) is 41.0 Å². The highest BCUT2D eigenvalue weighted by atomic mass is 15.1. The smallest absolute Gasteiger partial charge is 0.0101 e. The summed E-state index contributed by atoms with van der Waals surface area (Å²) in [5.41, 5.74) is 0. The van der Waals surface area contributed by atoms with Crippen LogP contribution in [0.3, 0.4) is 0 Å². The van der Waals surface area contributed by atoms with E-state index >= 15 is 0 Å². The van der Waals surface area contributed by atoms with Crippen molar-refractivity contribution in [3.05, 3.63) is 0 Å². The van der Waals surface area contributed by atoms with E-state index in [0.717, 1.165) is 19.6 Å². The highest BCUT2D eigenvalue weighted by molar-refractivity contribution is 4.48. The zero-order valence-corrected chi connectivity index (χ0v) is 10.8. The zero-order chi connectivity index (χ0) is 11.1. The Morgan fingerprint density at radius 2 is 1.38 bits per heavy atom. The van der Waals surface area contributed by atoms with Crippen LogP contribution in [0.4, 0.5) is 0 Å². The van der Waals surface area contributed by atoms with E-state index < -0.39 is 0 Å². The van der Waals surface area contributed by atoms with Gasteiger partial charge in [-0.2, -0.15) is 0 Å². The maximum absolute atomic E-state index is 3.32. The zero-order valence-electron chi connectivity index (χ0n) is 10.8. The summed E-state index contributed by atoms with van der Waals surface area (Å²) in [7, 11) is 4.18. The van der Waals surface area contributed by atoms with Gasteiger partial charge in [0.15, 0.2) is 0 Å². The van der Waals surface area contributed by atoms with Crippen molar-refractivity contribution in [2.24, 2.45) is 0 Å². The Bertz CT molecular complexity index is 54.1.